The largest absolute Gasteiger partial charge is 0.342 e. The molecule has 0 saturated carbocycles. The van der Waals surface area contributed by atoms with E-state index in [0.29, 0.717) is 11.8 Å². The fraction of sp³-hybridized carbons (Fsp3) is 0.529. The van der Waals surface area contributed by atoms with Crippen LogP contribution in [-0.2, 0) is 9.59 Å². The highest BCUT2D eigenvalue weighted by molar-refractivity contribution is 6.01. The molecule has 3 rings (SSSR count). The molecular weight excluding hydrogens is 264 g/mol. The minimum atomic E-state index is -0.326. The molecule has 2 aliphatic rings. The van der Waals surface area contributed by atoms with Crippen molar-refractivity contribution in [3.63, 3.8) is 0 Å². The van der Waals surface area contributed by atoms with Crippen molar-refractivity contribution in [1.82, 2.24) is 4.90 Å². The smallest absolute Gasteiger partial charge is 0.230 e. The number of carbonyl (C=O) groups is 2. The molecule has 0 spiro atoms. The van der Waals surface area contributed by atoms with E-state index >= 15 is 0 Å². The van der Waals surface area contributed by atoms with Crippen LogP contribution in [0.15, 0.2) is 24.3 Å². The summed E-state index contributed by atoms with van der Waals surface area (Å²) in [5, 5.41) is 2.86. The number of rotatable bonds is 1. The quantitative estimate of drug-likeness (QED) is 0.862. The van der Waals surface area contributed by atoms with Gasteiger partial charge in [0.1, 0.15) is 0 Å². The Hall–Kier alpha value is -1.84. The minimum absolute atomic E-state index is 0.0647. The van der Waals surface area contributed by atoms with E-state index in [1.807, 2.05) is 29.2 Å². The van der Waals surface area contributed by atoms with Crippen molar-refractivity contribution in [2.75, 3.05) is 18.4 Å². The van der Waals surface area contributed by atoms with Crippen LogP contribution in [0.25, 0.3) is 0 Å². The summed E-state index contributed by atoms with van der Waals surface area (Å²) >= 11 is 0. The molecule has 1 saturated heterocycles. The van der Waals surface area contributed by atoms with Gasteiger partial charge in [0.25, 0.3) is 0 Å². The monoisotopic (exact) mass is 286 g/mol. The number of piperidine rings is 1. The average Bonchev–Trinajstić information content (AvgIpc) is 2.44. The molecule has 0 radical (unpaired) electrons. The zero-order valence-corrected chi connectivity index (χ0v) is 12.6. The maximum absolute atomic E-state index is 12.9. The molecular formula is C17H22N2O2. The third kappa shape index (κ3) is 2.80. The molecule has 3 unspecified atom stereocenters. The summed E-state index contributed by atoms with van der Waals surface area (Å²) in [7, 11) is 0. The summed E-state index contributed by atoms with van der Waals surface area (Å²) in [6.07, 6.45) is 1.43. The van der Waals surface area contributed by atoms with Gasteiger partial charge in [0.15, 0.2) is 0 Å². The van der Waals surface area contributed by atoms with E-state index in [2.05, 4.69) is 19.2 Å². The van der Waals surface area contributed by atoms with Crippen molar-refractivity contribution in [2.45, 2.75) is 32.6 Å². The lowest BCUT2D eigenvalue weighted by atomic mass is 9.86. The van der Waals surface area contributed by atoms with Gasteiger partial charge in [0.2, 0.25) is 11.8 Å². The summed E-state index contributed by atoms with van der Waals surface area (Å²) in [4.78, 5) is 26.7. The molecule has 21 heavy (non-hydrogen) atoms. The Morgan fingerprint density at radius 3 is 2.57 bits per heavy atom. The van der Waals surface area contributed by atoms with Gasteiger partial charge in [-0.05, 0) is 29.9 Å². The first kappa shape index (κ1) is 14.1. The molecule has 2 aliphatic heterocycles. The van der Waals surface area contributed by atoms with Crippen LogP contribution in [0.3, 0.4) is 0 Å². The van der Waals surface area contributed by atoms with Gasteiger partial charge in [-0.2, -0.15) is 0 Å². The lowest BCUT2D eigenvalue weighted by Crippen LogP contribution is -2.46. The number of anilines is 1. The van der Waals surface area contributed by atoms with Crippen molar-refractivity contribution in [1.29, 1.82) is 0 Å². The van der Waals surface area contributed by atoms with Crippen LogP contribution in [0.1, 0.15) is 38.2 Å². The van der Waals surface area contributed by atoms with E-state index in [0.717, 1.165) is 24.3 Å². The van der Waals surface area contributed by atoms with Gasteiger partial charge >= 0.3 is 0 Å². The fourth-order valence-corrected chi connectivity index (χ4v) is 3.69. The van der Waals surface area contributed by atoms with E-state index in [4.69, 9.17) is 0 Å². The van der Waals surface area contributed by atoms with Crippen molar-refractivity contribution >= 4 is 17.5 Å². The van der Waals surface area contributed by atoms with Crippen molar-refractivity contribution in [3.8, 4) is 0 Å². The Morgan fingerprint density at radius 1 is 1.19 bits per heavy atom. The highest BCUT2D eigenvalue weighted by Gasteiger charge is 2.35. The molecule has 1 fully saturated rings. The van der Waals surface area contributed by atoms with E-state index in [9.17, 15) is 9.59 Å². The van der Waals surface area contributed by atoms with Crippen LogP contribution < -0.4 is 5.32 Å². The fourth-order valence-electron chi connectivity index (χ4n) is 3.69. The number of fused-ring (bicyclic) bond motifs is 1. The second-order valence-electron chi connectivity index (χ2n) is 6.58. The topological polar surface area (TPSA) is 49.4 Å². The molecule has 0 aliphatic carbocycles. The standard InChI is InChI=1S/C17H22N2O2/c1-11-7-12(2)10-19(9-11)17(21)14-8-16(20)18-15-6-4-3-5-13(14)15/h3-6,11-12,14H,7-10H2,1-2H3,(H,18,20). The Morgan fingerprint density at radius 2 is 1.86 bits per heavy atom. The molecule has 0 aromatic heterocycles. The molecule has 3 atom stereocenters. The van der Waals surface area contributed by atoms with Crippen LogP contribution in [0.5, 0.6) is 0 Å². The first-order chi connectivity index (χ1) is 10.0. The number of nitrogens with zero attached hydrogens (tertiary/aromatic N) is 1. The number of likely N-dealkylation sites (tertiary alicyclic amines) is 1. The van der Waals surface area contributed by atoms with Gasteiger partial charge in [-0.3, -0.25) is 9.59 Å². The SMILES string of the molecule is CC1CC(C)CN(C(=O)C2CC(=O)Nc3ccccc32)C1. The van der Waals surface area contributed by atoms with Gasteiger partial charge in [-0.25, -0.2) is 0 Å². The highest BCUT2D eigenvalue weighted by atomic mass is 16.2. The molecule has 0 bridgehead atoms. The van der Waals surface area contributed by atoms with E-state index in [1.54, 1.807) is 0 Å². The number of hydrogen-bond donors (Lipinski definition) is 1. The second-order valence-corrected chi connectivity index (χ2v) is 6.58. The number of hydrogen-bond acceptors (Lipinski definition) is 2. The van der Waals surface area contributed by atoms with Crippen LogP contribution in [0.2, 0.25) is 0 Å². The lowest BCUT2D eigenvalue weighted by Gasteiger charge is -2.38. The first-order valence-electron chi connectivity index (χ1n) is 7.72. The zero-order valence-electron chi connectivity index (χ0n) is 12.6. The number of para-hydroxylation sites is 1. The van der Waals surface area contributed by atoms with Gasteiger partial charge in [-0.15, -0.1) is 0 Å². The number of benzene rings is 1. The van der Waals surface area contributed by atoms with Crippen LogP contribution in [0.4, 0.5) is 5.69 Å². The molecule has 1 N–H and O–H groups in total. The zero-order chi connectivity index (χ0) is 15.0. The molecule has 1 aromatic carbocycles. The summed E-state index contributed by atoms with van der Waals surface area (Å²) in [6.45, 7) is 6.00. The molecule has 1 aromatic rings. The van der Waals surface area contributed by atoms with Gasteiger partial charge in [-0.1, -0.05) is 32.0 Å². The summed E-state index contributed by atoms with van der Waals surface area (Å²) in [6, 6.07) is 7.64. The Labute approximate surface area is 125 Å². The molecule has 2 heterocycles. The van der Waals surface area contributed by atoms with E-state index < -0.39 is 0 Å². The van der Waals surface area contributed by atoms with Crippen LogP contribution in [0, 0.1) is 11.8 Å². The van der Waals surface area contributed by atoms with Gasteiger partial charge < -0.3 is 10.2 Å². The highest BCUT2D eigenvalue weighted by Crippen LogP contribution is 2.34. The Bertz CT molecular complexity index is 560. The van der Waals surface area contributed by atoms with Crippen molar-refractivity contribution < 1.29 is 9.59 Å². The summed E-state index contributed by atoms with van der Waals surface area (Å²) in [5.74, 6) is 0.782. The van der Waals surface area contributed by atoms with Crippen LogP contribution >= 0.6 is 0 Å². The number of carbonyl (C=O) groups excluding carboxylic acids is 2. The molecule has 112 valence electrons. The molecule has 4 nitrogen and oxygen atoms in total. The lowest BCUT2D eigenvalue weighted by molar-refractivity contribution is -0.137. The number of nitrogens with one attached hydrogen (secondary N) is 1. The predicted octanol–water partition coefficient (Wildman–Crippen LogP) is 2.62. The Balaban J connectivity index is 1.86. The van der Waals surface area contributed by atoms with Crippen LogP contribution in [-0.4, -0.2) is 29.8 Å². The maximum atomic E-state index is 12.9. The van der Waals surface area contributed by atoms with E-state index in [1.165, 1.54) is 6.42 Å². The average molecular weight is 286 g/mol. The van der Waals surface area contributed by atoms with Gasteiger partial charge in [0, 0.05) is 25.2 Å². The third-order valence-electron chi connectivity index (χ3n) is 4.48. The number of amides is 2. The molecule has 2 amide bonds. The van der Waals surface area contributed by atoms with Crippen molar-refractivity contribution in [2.24, 2.45) is 11.8 Å². The normalized spacial score (nSPS) is 28.8. The maximum Gasteiger partial charge on any atom is 0.230 e. The minimum Gasteiger partial charge on any atom is -0.342 e. The Kier molecular flexibility index (Phi) is 3.70. The summed E-state index contributed by atoms with van der Waals surface area (Å²) < 4.78 is 0. The third-order valence-corrected chi connectivity index (χ3v) is 4.48. The first-order valence-corrected chi connectivity index (χ1v) is 7.72. The molecule has 4 heteroatoms. The van der Waals surface area contributed by atoms with E-state index in [-0.39, 0.29) is 24.2 Å². The van der Waals surface area contributed by atoms with Gasteiger partial charge in [0.05, 0.1) is 5.92 Å². The van der Waals surface area contributed by atoms with Crippen molar-refractivity contribution in [3.05, 3.63) is 29.8 Å². The predicted molar refractivity (Wildman–Crippen MR) is 82.0 cm³/mol. The second kappa shape index (κ2) is 5.51. The summed E-state index contributed by atoms with van der Waals surface area (Å²) in [5.41, 5.74) is 1.73.